The molecule has 8 heteroatoms. The lowest BCUT2D eigenvalue weighted by atomic mass is 9.82. The first-order valence-electron chi connectivity index (χ1n) is 6.45. The highest BCUT2D eigenvalue weighted by molar-refractivity contribution is 7.99. The van der Waals surface area contributed by atoms with Gasteiger partial charge in [-0.1, -0.05) is 18.7 Å². The van der Waals surface area contributed by atoms with Crippen molar-refractivity contribution in [2.24, 2.45) is 18.9 Å². The van der Waals surface area contributed by atoms with Gasteiger partial charge in [-0.05, 0) is 25.2 Å². The first kappa shape index (κ1) is 14.8. The lowest BCUT2D eigenvalue weighted by Gasteiger charge is -2.31. The molecule has 1 fully saturated rings. The van der Waals surface area contributed by atoms with Crippen LogP contribution in [-0.4, -0.2) is 31.1 Å². The maximum atomic E-state index is 11.3. The molecule has 1 aromatic heterocycles. The first-order chi connectivity index (χ1) is 9.38. The van der Waals surface area contributed by atoms with Crippen LogP contribution in [0.3, 0.4) is 0 Å². The summed E-state index contributed by atoms with van der Waals surface area (Å²) in [5.74, 6) is -0.813. The fraction of sp³-hybridized carbons (Fsp3) is 0.667. The van der Waals surface area contributed by atoms with Gasteiger partial charge >= 0.3 is 17.1 Å². The number of nitrogens with one attached hydrogen (secondary N) is 1. The molecule has 1 aromatic rings. The van der Waals surface area contributed by atoms with E-state index in [2.05, 4.69) is 17.0 Å². The highest BCUT2D eigenvalue weighted by atomic mass is 32.2. The molecule has 0 aliphatic heterocycles. The molecule has 2 rings (SSSR count). The second-order valence-corrected chi connectivity index (χ2v) is 6.43. The summed E-state index contributed by atoms with van der Waals surface area (Å²) in [5, 5.41) is 11.9. The molecule has 1 aliphatic rings. The maximum Gasteiger partial charge on any atom is 0.339 e. The number of thioether (sulfide) groups is 1. The lowest BCUT2D eigenvalue weighted by Crippen LogP contribution is -2.36. The van der Waals surface area contributed by atoms with Crippen molar-refractivity contribution in [1.29, 1.82) is 0 Å². The Kier molecular flexibility index (Phi) is 4.32. The van der Waals surface area contributed by atoms with E-state index in [0.717, 1.165) is 12.8 Å². The molecule has 0 radical (unpaired) electrons. The van der Waals surface area contributed by atoms with Crippen molar-refractivity contribution in [1.82, 2.24) is 14.8 Å². The summed E-state index contributed by atoms with van der Waals surface area (Å²) < 4.78 is 1.37. The van der Waals surface area contributed by atoms with E-state index in [1.54, 1.807) is 7.05 Å². The summed E-state index contributed by atoms with van der Waals surface area (Å²) >= 11 is 1.26. The van der Waals surface area contributed by atoms with Crippen LogP contribution in [0.1, 0.15) is 26.2 Å². The van der Waals surface area contributed by atoms with Crippen LogP contribution in [0.4, 0.5) is 0 Å². The molecule has 0 bridgehead atoms. The molecule has 0 amide bonds. The summed E-state index contributed by atoms with van der Waals surface area (Å²) in [7, 11) is 1.58. The minimum atomic E-state index is -0.846. The quantitative estimate of drug-likeness (QED) is 0.785. The van der Waals surface area contributed by atoms with Crippen LogP contribution in [-0.2, 0) is 11.8 Å². The lowest BCUT2D eigenvalue weighted by molar-refractivity contribution is -0.142. The Bertz CT molecular complexity index is 624. The van der Waals surface area contributed by atoms with Gasteiger partial charge in [-0.2, -0.15) is 4.98 Å². The van der Waals surface area contributed by atoms with Gasteiger partial charge in [0.1, 0.15) is 0 Å². The zero-order valence-corrected chi connectivity index (χ0v) is 12.1. The van der Waals surface area contributed by atoms with Gasteiger partial charge in [0, 0.05) is 12.3 Å². The number of aliphatic carboxylic acids is 1. The van der Waals surface area contributed by atoms with Crippen LogP contribution < -0.4 is 11.1 Å². The average molecular weight is 299 g/mol. The SMILES string of the molecule is CC1CCC(C(=O)O)C(Sc2nc(=O)c(=O)[nH]n2C)C1. The van der Waals surface area contributed by atoms with E-state index in [4.69, 9.17) is 0 Å². The van der Waals surface area contributed by atoms with Crippen molar-refractivity contribution in [3.05, 3.63) is 20.7 Å². The van der Waals surface area contributed by atoms with Gasteiger partial charge in [0.05, 0.1) is 5.92 Å². The Morgan fingerprint density at radius 3 is 2.80 bits per heavy atom. The Morgan fingerprint density at radius 1 is 1.45 bits per heavy atom. The summed E-state index contributed by atoms with van der Waals surface area (Å²) in [6.07, 6.45) is 2.29. The molecule has 3 unspecified atom stereocenters. The smallest absolute Gasteiger partial charge is 0.339 e. The minimum absolute atomic E-state index is 0.139. The summed E-state index contributed by atoms with van der Waals surface area (Å²) in [4.78, 5) is 37.5. The van der Waals surface area contributed by atoms with Crippen LogP contribution in [0.2, 0.25) is 0 Å². The van der Waals surface area contributed by atoms with E-state index in [1.165, 1.54) is 16.4 Å². The van der Waals surface area contributed by atoms with E-state index < -0.39 is 23.0 Å². The van der Waals surface area contributed by atoms with Crippen molar-refractivity contribution in [3.8, 4) is 0 Å². The van der Waals surface area contributed by atoms with Gasteiger partial charge in [-0.25, -0.2) is 0 Å². The average Bonchev–Trinajstić information content (AvgIpc) is 2.35. The highest BCUT2D eigenvalue weighted by Gasteiger charge is 2.35. The molecule has 110 valence electrons. The molecule has 2 N–H and O–H groups in total. The van der Waals surface area contributed by atoms with Crippen molar-refractivity contribution in [2.45, 2.75) is 36.6 Å². The molecule has 7 nitrogen and oxygen atoms in total. The van der Waals surface area contributed by atoms with Gasteiger partial charge in [0.15, 0.2) is 5.16 Å². The molecule has 1 aliphatic carbocycles. The molecule has 0 spiro atoms. The van der Waals surface area contributed by atoms with Crippen molar-refractivity contribution in [3.63, 3.8) is 0 Å². The van der Waals surface area contributed by atoms with Crippen LogP contribution in [0, 0.1) is 11.8 Å². The van der Waals surface area contributed by atoms with Crippen LogP contribution >= 0.6 is 11.8 Å². The minimum Gasteiger partial charge on any atom is -0.481 e. The largest absolute Gasteiger partial charge is 0.481 e. The third-order valence-corrected chi connectivity index (χ3v) is 4.98. The fourth-order valence-corrected chi connectivity index (χ4v) is 3.89. The van der Waals surface area contributed by atoms with Crippen LogP contribution in [0.5, 0.6) is 0 Å². The number of aromatic amines is 1. The van der Waals surface area contributed by atoms with Crippen LogP contribution in [0.15, 0.2) is 14.7 Å². The molecular formula is C12H17N3O4S. The predicted octanol–water partition coefficient (Wildman–Crippen LogP) is 0.450. The molecule has 3 atom stereocenters. The standard InChI is InChI=1S/C12H17N3O4S/c1-6-3-4-7(11(18)19)8(5-6)20-12-13-9(16)10(17)14-15(12)2/h6-8H,3-5H2,1-2H3,(H,14,17)(H,18,19). The Labute approximate surface area is 119 Å². The second-order valence-electron chi connectivity index (χ2n) is 5.22. The number of aryl methyl sites for hydroxylation is 1. The molecule has 1 saturated carbocycles. The van der Waals surface area contributed by atoms with E-state index in [-0.39, 0.29) is 5.25 Å². The van der Waals surface area contributed by atoms with Crippen molar-refractivity contribution < 1.29 is 9.90 Å². The molecule has 20 heavy (non-hydrogen) atoms. The number of nitrogens with zero attached hydrogens (tertiary/aromatic N) is 2. The summed E-state index contributed by atoms with van der Waals surface area (Å²) in [6, 6.07) is 0. The number of carbonyl (C=O) groups is 1. The molecule has 0 saturated heterocycles. The number of aromatic nitrogens is 3. The Balaban J connectivity index is 2.26. The summed E-state index contributed by atoms with van der Waals surface area (Å²) in [5.41, 5.74) is -1.62. The normalized spacial score (nSPS) is 26.4. The fourth-order valence-electron chi connectivity index (χ4n) is 2.44. The number of hydrogen-bond donors (Lipinski definition) is 2. The Hall–Kier alpha value is -1.57. The predicted molar refractivity (Wildman–Crippen MR) is 73.9 cm³/mol. The highest BCUT2D eigenvalue weighted by Crippen LogP contribution is 2.38. The third-order valence-electron chi connectivity index (χ3n) is 3.58. The topological polar surface area (TPSA) is 105 Å². The van der Waals surface area contributed by atoms with Gasteiger partial charge in [-0.3, -0.25) is 24.2 Å². The van der Waals surface area contributed by atoms with Gasteiger partial charge in [0.25, 0.3) is 0 Å². The summed E-state index contributed by atoms with van der Waals surface area (Å²) in [6.45, 7) is 2.09. The molecule has 1 heterocycles. The number of rotatable bonds is 3. The van der Waals surface area contributed by atoms with Crippen molar-refractivity contribution in [2.75, 3.05) is 0 Å². The van der Waals surface area contributed by atoms with E-state index in [1.807, 2.05) is 0 Å². The third kappa shape index (κ3) is 3.12. The maximum absolute atomic E-state index is 11.3. The van der Waals surface area contributed by atoms with E-state index >= 15 is 0 Å². The van der Waals surface area contributed by atoms with Crippen molar-refractivity contribution >= 4 is 17.7 Å². The zero-order chi connectivity index (χ0) is 14.9. The van der Waals surface area contributed by atoms with E-state index in [9.17, 15) is 19.5 Å². The second kappa shape index (κ2) is 5.82. The zero-order valence-electron chi connectivity index (χ0n) is 11.3. The van der Waals surface area contributed by atoms with E-state index in [0.29, 0.717) is 17.5 Å². The molecular weight excluding hydrogens is 282 g/mol. The van der Waals surface area contributed by atoms with Gasteiger partial charge in [0.2, 0.25) is 0 Å². The number of H-pyrrole nitrogens is 1. The number of hydrogen-bond acceptors (Lipinski definition) is 5. The number of carboxylic acid groups (broad SMARTS) is 1. The monoisotopic (exact) mass is 299 g/mol. The Morgan fingerprint density at radius 2 is 2.15 bits per heavy atom. The molecule has 0 aromatic carbocycles. The first-order valence-corrected chi connectivity index (χ1v) is 7.33. The van der Waals surface area contributed by atoms with Crippen LogP contribution in [0.25, 0.3) is 0 Å². The van der Waals surface area contributed by atoms with Gasteiger partial charge < -0.3 is 5.11 Å². The van der Waals surface area contributed by atoms with Gasteiger partial charge in [-0.15, -0.1) is 0 Å². The number of carboxylic acids is 1.